The smallest absolute Gasteiger partial charge is 0.408 e. The average Bonchev–Trinajstić information content (AvgIpc) is 2.60. The van der Waals surface area contributed by atoms with Gasteiger partial charge in [-0.15, -0.1) is 10.2 Å². The summed E-state index contributed by atoms with van der Waals surface area (Å²) in [7, 11) is 0. The molecular formula is C11H19N3O3. The predicted molar refractivity (Wildman–Crippen MR) is 61.5 cm³/mol. The van der Waals surface area contributed by atoms with Gasteiger partial charge >= 0.3 is 6.09 Å². The summed E-state index contributed by atoms with van der Waals surface area (Å²) in [6.07, 6.45) is -0.498. The Bertz CT molecular complexity index is 380. The highest BCUT2D eigenvalue weighted by molar-refractivity contribution is 5.67. The van der Waals surface area contributed by atoms with Crippen LogP contribution in [0.3, 0.4) is 0 Å². The molecule has 1 N–H and O–H groups in total. The zero-order chi connectivity index (χ0) is 13.1. The van der Waals surface area contributed by atoms with Gasteiger partial charge in [-0.2, -0.15) is 0 Å². The first kappa shape index (κ1) is 13.5. The normalized spacial score (nSPS) is 11.6. The summed E-state index contributed by atoms with van der Waals surface area (Å²) >= 11 is 0. The number of alkyl carbamates (subject to hydrolysis) is 1. The molecule has 0 fully saturated rings. The molecule has 0 aliphatic heterocycles. The first-order chi connectivity index (χ1) is 7.78. The summed E-state index contributed by atoms with van der Waals surface area (Å²) in [5.41, 5.74) is -0.512. The minimum Gasteiger partial charge on any atom is -0.444 e. The Labute approximate surface area is 101 Å². The molecule has 6 heteroatoms. The molecule has 1 amide bonds. The fraction of sp³-hybridized carbons (Fsp3) is 0.727. The van der Waals surface area contributed by atoms with Crippen molar-refractivity contribution in [1.29, 1.82) is 0 Å². The minimum absolute atomic E-state index is 0.175. The molecule has 6 nitrogen and oxygen atoms in total. The van der Waals surface area contributed by atoms with E-state index in [1.165, 1.54) is 0 Å². The van der Waals surface area contributed by atoms with Gasteiger partial charge in [-0.1, -0.05) is 13.8 Å². The van der Waals surface area contributed by atoms with E-state index in [1.807, 2.05) is 13.8 Å². The van der Waals surface area contributed by atoms with E-state index in [4.69, 9.17) is 9.15 Å². The van der Waals surface area contributed by atoms with Gasteiger partial charge in [0.15, 0.2) is 0 Å². The molecule has 0 bridgehead atoms. The highest BCUT2D eigenvalue weighted by Crippen LogP contribution is 2.12. The lowest BCUT2D eigenvalue weighted by molar-refractivity contribution is 0.0518. The van der Waals surface area contributed by atoms with Crippen LogP contribution in [0.15, 0.2) is 4.42 Å². The Morgan fingerprint density at radius 1 is 1.41 bits per heavy atom. The predicted octanol–water partition coefficient (Wildman–Crippen LogP) is 2.22. The Hall–Kier alpha value is -1.59. The van der Waals surface area contributed by atoms with Crippen LogP contribution in [-0.4, -0.2) is 21.9 Å². The molecule has 17 heavy (non-hydrogen) atoms. The zero-order valence-corrected chi connectivity index (χ0v) is 10.9. The Balaban J connectivity index is 2.42. The number of rotatable bonds is 3. The Morgan fingerprint density at radius 2 is 2.06 bits per heavy atom. The van der Waals surface area contributed by atoms with Gasteiger partial charge in [0, 0.05) is 5.92 Å². The third kappa shape index (κ3) is 4.84. The standard InChI is InChI=1S/C11H19N3O3/c1-7(2)9-14-13-8(16-9)6-12-10(15)17-11(3,4)5/h7H,6H2,1-5H3,(H,12,15). The molecule has 0 spiro atoms. The van der Waals surface area contributed by atoms with E-state index in [1.54, 1.807) is 20.8 Å². The van der Waals surface area contributed by atoms with Crippen molar-refractivity contribution in [3.8, 4) is 0 Å². The number of nitrogens with one attached hydrogen (secondary N) is 1. The van der Waals surface area contributed by atoms with Crippen LogP contribution in [-0.2, 0) is 11.3 Å². The van der Waals surface area contributed by atoms with Gasteiger partial charge in [0.2, 0.25) is 11.8 Å². The van der Waals surface area contributed by atoms with Crippen LogP contribution in [0.1, 0.15) is 52.3 Å². The molecule has 0 unspecified atom stereocenters. The van der Waals surface area contributed by atoms with Crippen LogP contribution in [0.2, 0.25) is 0 Å². The van der Waals surface area contributed by atoms with Gasteiger partial charge in [0.25, 0.3) is 0 Å². The van der Waals surface area contributed by atoms with Gasteiger partial charge in [-0.25, -0.2) is 4.79 Å². The Kier molecular flexibility index (Phi) is 4.09. The van der Waals surface area contributed by atoms with Crippen LogP contribution < -0.4 is 5.32 Å². The van der Waals surface area contributed by atoms with Gasteiger partial charge < -0.3 is 14.5 Å². The SMILES string of the molecule is CC(C)c1nnc(CNC(=O)OC(C)(C)C)o1. The third-order valence-corrected chi connectivity index (χ3v) is 1.76. The first-order valence-electron chi connectivity index (χ1n) is 5.57. The fourth-order valence-electron chi connectivity index (χ4n) is 1.03. The van der Waals surface area contributed by atoms with Gasteiger partial charge in [0.05, 0.1) is 6.54 Å². The first-order valence-corrected chi connectivity index (χ1v) is 5.57. The van der Waals surface area contributed by atoms with E-state index in [9.17, 15) is 4.79 Å². The molecule has 96 valence electrons. The van der Waals surface area contributed by atoms with Crippen molar-refractivity contribution < 1.29 is 13.9 Å². The fourth-order valence-corrected chi connectivity index (χ4v) is 1.03. The number of carbonyl (C=O) groups excluding carboxylic acids is 1. The number of aromatic nitrogens is 2. The third-order valence-electron chi connectivity index (χ3n) is 1.76. The van der Waals surface area contributed by atoms with Crippen molar-refractivity contribution in [2.24, 2.45) is 0 Å². The van der Waals surface area contributed by atoms with Gasteiger partial charge in [-0.3, -0.25) is 0 Å². The Morgan fingerprint density at radius 3 is 2.53 bits per heavy atom. The molecule has 0 atom stereocenters. The second-order valence-corrected chi connectivity index (χ2v) is 5.04. The maximum atomic E-state index is 11.3. The molecule has 1 aromatic heterocycles. The molecule has 0 saturated heterocycles. The van der Waals surface area contributed by atoms with Crippen LogP contribution >= 0.6 is 0 Å². The summed E-state index contributed by atoms with van der Waals surface area (Å²) in [6.45, 7) is 9.49. The molecule has 0 saturated carbocycles. The summed E-state index contributed by atoms with van der Waals surface area (Å²) in [5.74, 6) is 1.11. The van der Waals surface area contributed by atoms with E-state index >= 15 is 0 Å². The topological polar surface area (TPSA) is 77.2 Å². The number of hydrogen-bond acceptors (Lipinski definition) is 5. The van der Waals surface area contributed by atoms with E-state index in [0.29, 0.717) is 11.8 Å². The number of hydrogen-bond donors (Lipinski definition) is 1. The largest absolute Gasteiger partial charge is 0.444 e. The van der Waals surface area contributed by atoms with Crippen molar-refractivity contribution in [1.82, 2.24) is 15.5 Å². The lowest BCUT2D eigenvalue weighted by Gasteiger charge is -2.19. The molecular weight excluding hydrogens is 222 g/mol. The second-order valence-electron chi connectivity index (χ2n) is 5.04. The van der Waals surface area contributed by atoms with Gasteiger partial charge in [0.1, 0.15) is 5.60 Å². The summed E-state index contributed by atoms with van der Waals surface area (Å²) in [6, 6.07) is 0. The van der Waals surface area contributed by atoms with E-state index in [0.717, 1.165) is 0 Å². The van der Waals surface area contributed by atoms with Crippen LogP contribution in [0, 0.1) is 0 Å². The van der Waals surface area contributed by atoms with Crippen molar-refractivity contribution in [3.05, 3.63) is 11.8 Å². The van der Waals surface area contributed by atoms with Crippen LogP contribution in [0.4, 0.5) is 4.79 Å². The van der Waals surface area contributed by atoms with Crippen molar-refractivity contribution >= 4 is 6.09 Å². The highest BCUT2D eigenvalue weighted by Gasteiger charge is 2.17. The zero-order valence-electron chi connectivity index (χ0n) is 10.9. The summed E-state index contributed by atoms with van der Waals surface area (Å²) in [4.78, 5) is 11.3. The highest BCUT2D eigenvalue weighted by atomic mass is 16.6. The van der Waals surface area contributed by atoms with Crippen LogP contribution in [0.25, 0.3) is 0 Å². The number of nitrogens with zero attached hydrogens (tertiary/aromatic N) is 2. The average molecular weight is 241 g/mol. The maximum Gasteiger partial charge on any atom is 0.408 e. The number of carbonyl (C=O) groups is 1. The van der Waals surface area contributed by atoms with E-state index in [2.05, 4.69) is 15.5 Å². The molecule has 0 aliphatic rings. The summed E-state index contributed by atoms with van der Waals surface area (Å²) < 4.78 is 10.4. The maximum absolute atomic E-state index is 11.3. The van der Waals surface area contributed by atoms with Crippen molar-refractivity contribution in [3.63, 3.8) is 0 Å². The quantitative estimate of drug-likeness (QED) is 0.877. The molecule has 0 aliphatic carbocycles. The minimum atomic E-state index is -0.512. The molecule has 0 radical (unpaired) electrons. The monoisotopic (exact) mass is 241 g/mol. The van der Waals surface area contributed by atoms with Crippen molar-refractivity contribution in [2.75, 3.05) is 0 Å². The second kappa shape index (κ2) is 5.16. The van der Waals surface area contributed by atoms with Crippen LogP contribution in [0.5, 0.6) is 0 Å². The van der Waals surface area contributed by atoms with Crippen molar-refractivity contribution in [2.45, 2.75) is 52.7 Å². The van der Waals surface area contributed by atoms with Gasteiger partial charge in [-0.05, 0) is 20.8 Å². The molecule has 1 aromatic rings. The number of amides is 1. The molecule has 1 rings (SSSR count). The number of ether oxygens (including phenoxy) is 1. The lowest BCUT2D eigenvalue weighted by atomic mass is 10.2. The summed E-state index contributed by atoms with van der Waals surface area (Å²) in [5, 5.41) is 10.2. The molecule has 1 heterocycles. The lowest BCUT2D eigenvalue weighted by Crippen LogP contribution is -2.32. The van der Waals surface area contributed by atoms with E-state index < -0.39 is 11.7 Å². The molecule has 0 aromatic carbocycles. The van der Waals surface area contributed by atoms with E-state index in [-0.39, 0.29) is 12.5 Å².